The molecule has 0 aliphatic carbocycles. The molecule has 2 atom stereocenters. The Bertz CT molecular complexity index is 2500. The molecule has 6 rings (SSSR count). The highest BCUT2D eigenvalue weighted by Gasteiger charge is 2.50. The largest absolute Gasteiger partial charge is 0.444 e. The van der Waals surface area contributed by atoms with Crippen molar-refractivity contribution in [2.24, 2.45) is 5.73 Å². The van der Waals surface area contributed by atoms with Gasteiger partial charge in [0.15, 0.2) is 0 Å². The molecule has 6 aromatic rings. The number of carbonyl (C=O) groups is 1. The number of benzene rings is 4. The predicted octanol–water partition coefficient (Wildman–Crippen LogP) is 10.6. The van der Waals surface area contributed by atoms with Crippen LogP contribution in [-0.2, 0) is 46.3 Å². The van der Waals surface area contributed by atoms with E-state index in [1.54, 1.807) is 27.7 Å². The van der Waals surface area contributed by atoms with E-state index in [9.17, 15) is 15.0 Å². The second-order valence-corrected chi connectivity index (χ2v) is 25.6. The van der Waals surface area contributed by atoms with E-state index < -0.39 is 31.2 Å². The maximum atomic E-state index is 13.0. The van der Waals surface area contributed by atoms with E-state index in [4.69, 9.17) is 30.1 Å². The number of nitrogens with two attached hydrogens (primary N) is 1. The van der Waals surface area contributed by atoms with Gasteiger partial charge >= 0.3 is 6.09 Å². The average Bonchev–Trinajstić information content (AvgIpc) is 3.98. The molecule has 4 aromatic carbocycles. The normalized spacial score (nSPS) is 12.5. The van der Waals surface area contributed by atoms with Crippen LogP contribution in [-0.4, -0.2) is 91.9 Å². The van der Waals surface area contributed by atoms with Crippen molar-refractivity contribution in [3.05, 3.63) is 144 Å². The maximum Gasteiger partial charge on any atom is 0.407 e. The second kappa shape index (κ2) is 30.0. The molecule has 2 unspecified atom stereocenters. The van der Waals surface area contributed by atoms with Gasteiger partial charge in [-0.05, 0) is 115 Å². The third-order valence-electron chi connectivity index (χ3n) is 12.2. The van der Waals surface area contributed by atoms with E-state index in [0.29, 0.717) is 37.5 Å². The van der Waals surface area contributed by atoms with Crippen LogP contribution in [0, 0.1) is 0 Å². The first-order valence-electron chi connectivity index (χ1n) is 25.2. The molecule has 2 heterocycles. The van der Waals surface area contributed by atoms with Crippen molar-refractivity contribution in [1.29, 1.82) is 0 Å². The molecule has 75 heavy (non-hydrogen) atoms. The Kier molecular flexibility index (Phi) is 27.1. The van der Waals surface area contributed by atoms with E-state index in [0.717, 1.165) is 60.3 Å². The van der Waals surface area contributed by atoms with Crippen molar-refractivity contribution in [3.63, 3.8) is 0 Å². The molecule has 416 valence electrons. The third-order valence-corrected chi connectivity index (χ3v) is 17.3. The lowest BCUT2D eigenvalue weighted by Crippen LogP contribution is -2.66. The minimum atomic E-state index is -2.72. The smallest absolute Gasteiger partial charge is 0.407 e. The quantitative estimate of drug-likeness (QED) is 0.0426. The summed E-state index contributed by atoms with van der Waals surface area (Å²) in [6.45, 7) is 25.6. The van der Waals surface area contributed by atoms with Crippen molar-refractivity contribution in [1.82, 2.24) is 24.4 Å². The van der Waals surface area contributed by atoms with Crippen LogP contribution >= 0.6 is 12.4 Å². The summed E-state index contributed by atoms with van der Waals surface area (Å²) in [5.74, 6) is 1.31. The van der Waals surface area contributed by atoms with E-state index in [1.165, 1.54) is 10.4 Å². The van der Waals surface area contributed by atoms with Crippen molar-refractivity contribution in [2.45, 2.75) is 171 Å². The minimum absolute atomic E-state index is 0. The summed E-state index contributed by atoms with van der Waals surface area (Å²) in [4.78, 5) is 22.4. The highest BCUT2D eigenvalue weighted by atomic mass is 35.5. The van der Waals surface area contributed by atoms with Gasteiger partial charge < -0.3 is 49.8 Å². The molecule has 0 saturated carbocycles. The third kappa shape index (κ3) is 19.1. The standard InChI is InChI=1S/C39H53N3O4Si.C18H27N3O2.CH4O.2CH4.ClH/c1-10-42-28-34(41-35(42)39(8,9)44)30-23-21-29(22-24-30)27-31(40-36(43)46-37(2,3)4)25-26-45-47(38(5,6)7,32-17-13-11-14-18-32)33-19-15-12-16-20-33;1-4-21-12-16(20-17(21)18(2,3)23)14-7-5-13(6-8-14)11-15(19)9-10-22;1-2;;;/h11-24,28,31,44H,10,25-27H2,1-9H3,(H,40,43);5-8,12,15,22-23H,4,9-11,19H2,1-3H3;2H,1H3;2*1H4;1H. The van der Waals surface area contributed by atoms with Crippen LogP contribution in [0.5, 0.6) is 0 Å². The topological polar surface area (TPSA) is 190 Å². The van der Waals surface area contributed by atoms with Gasteiger partial charge in [0.2, 0.25) is 0 Å². The molecule has 2 aromatic heterocycles. The van der Waals surface area contributed by atoms with E-state index in [1.807, 2.05) is 92.5 Å². The summed E-state index contributed by atoms with van der Waals surface area (Å²) in [7, 11) is -1.72. The zero-order chi connectivity index (χ0) is 53.5. The first-order valence-corrected chi connectivity index (χ1v) is 27.1. The number of aliphatic hydroxyl groups excluding tert-OH is 2. The second-order valence-electron chi connectivity index (χ2n) is 21.3. The Hall–Kier alpha value is -5.16. The fraction of sp³-hybridized carbons (Fsp3) is 0.483. The van der Waals surface area contributed by atoms with E-state index >= 15 is 0 Å². The number of rotatable bonds is 19. The van der Waals surface area contributed by atoms with Crippen molar-refractivity contribution >= 4 is 37.2 Å². The Labute approximate surface area is 457 Å². The Balaban J connectivity index is 0.000000848. The first kappa shape index (κ1) is 67.9. The molecular formula is C60H93ClN6O7Si. The van der Waals surface area contributed by atoms with E-state index in [-0.39, 0.29) is 51.0 Å². The van der Waals surface area contributed by atoms with Crippen LogP contribution in [0.2, 0.25) is 5.04 Å². The summed E-state index contributed by atoms with van der Waals surface area (Å²) in [5.41, 5.74) is 9.23. The molecule has 0 bridgehead atoms. The molecule has 0 aliphatic heterocycles. The lowest BCUT2D eigenvalue weighted by Gasteiger charge is -2.43. The van der Waals surface area contributed by atoms with Crippen LogP contribution in [0.25, 0.3) is 22.5 Å². The molecule has 0 aliphatic rings. The number of aliphatic hydroxyl groups is 4. The molecule has 0 saturated heterocycles. The number of imidazole rings is 2. The average molecular weight is 1070 g/mol. The van der Waals surface area contributed by atoms with Crippen LogP contribution in [0.1, 0.15) is 134 Å². The van der Waals surface area contributed by atoms with Crippen molar-refractivity contribution in [3.8, 4) is 22.5 Å². The van der Waals surface area contributed by atoms with Crippen LogP contribution < -0.4 is 21.4 Å². The van der Waals surface area contributed by atoms with Crippen molar-refractivity contribution < 1.29 is 34.4 Å². The van der Waals surface area contributed by atoms with Crippen LogP contribution in [0.4, 0.5) is 4.79 Å². The monoisotopic (exact) mass is 1070 g/mol. The molecule has 0 spiro atoms. The number of carbonyl (C=O) groups excluding carboxylic acids is 1. The minimum Gasteiger partial charge on any atom is -0.444 e. The lowest BCUT2D eigenvalue weighted by molar-refractivity contribution is 0.0497. The molecule has 0 radical (unpaired) electrons. The zero-order valence-electron chi connectivity index (χ0n) is 45.6. The lowest BCUT2D eigenvalue weighted by atomic mass is 10.0. The van der Waals surface area contributed by atoms with Crippen LogP contribution in [0.3, 0.4) is 0 Å². The van der Waals surface area contributed by atoms with Gasteiger partial charge in [-0.25, -0.2) is 14.8 Å². The zero-order valence-corrected chi connectivity index (χ0v) is 47.5. The van der Waals surface area contributed by atoms with Gasteiger partial charge in [0.05, 0.1) is 11.4 Å². The summed E-state index contributed by atoms with van der Waals surface area (Å²) in [5, 5.41) is 42.2. The fourth-order valence-electron chi connectivity index (χ4n) is 8.86. The first-order chi connectivity index (χ1) is 33.9. The van der Waals surface area contributed by atoms with Crippen molar-refractivity contribution in [2.75, 3.05) is 20.3 Å². The van der Waals surface area contributed by atoms with Gasteiger partial charge in [-0.1, -0.05) is 145 Å². The van der Waals surface area contributed by atoms with Gasteiger partial charge in [0, 0.05) is 69.0 Å². The number of hydrogen-bond acceptors (Lipinski definition) is 10. The van der Waals surface area contributed by atoms with Gasteiger partial charge in [-0.2, -0.15) is 0 Å². The number of alkyl carbamates (subject to hydrolysis) is 1. The summed E-state index contributed by atoms with van der Waals surface area (Å²) in [6.07, 6.45) is 6.10. The fourth-order valence-corrected chi connectivity index (χ4v) is 13.4. The molecule has 7 N–H and O–H groups in total. The summed E-state index contributed by atoms with van der Waals surface area (Å²) < 4.78 is 16.8. The summed E-state index contributed by atoms with van der Waals surface area (Å²) in [6, 6.07) is 37.4. The van der Waals surface area contributed by atoms with Gasteiger partial charge in [-0.3, -0.25) is 0 Å². The van der Waals surface area contributed by atoms with E-state index in [2.05, 4.69) is 104 Å². The van der Waals surface area contributed by atoms with Crippen LogP contribution in [0.15, 0.2) is 122 Å². The van der Waals surface area contributed by atoms with Gasteiger partial charge in [0.1, 0.15) is 28.5 Å². The number of hydrogen-bond donors (Lipinski definition) is 6. The summed E-state index contributed by atoms with van der Waals surface area (Å²) >= 11 is 0. The number of halogens is 1. The Morgan fingerprint density at radius 3 is 1.39 bits per heavy atom. The molecule has 1 amide bonds. The number of nitrogens with zero attached hydrogens (tertiary/aromatic N) is 4. The molecule has 13 nitrogen and oxygen atoms in total. The van der Waals surface area contributed by atoms with Gasteiger partial charge in [0.25, 0.3) is 8.32 Å². The predicted molar refractivity (Wildman–Crippen MR) is 314 cm³/mol. The number of aryl methyl sites for hydroxylation is 2. The Morgan fingerprint density at radius 2 is 1.05 bits per heavy atom. The molecule has 0 fully saturated rings. The van der Waals surface area contributed by atoms with Gasteiger partial charge in [-0.15, -0.1) is 12.4 Å². The highest BCUT2D eigenvalue weighted by Crippen LogP contribution is 2.37. The SMILES string of the molecule is C.C.CCn1cc(-c2ccc(CC(CCO[Si](c3ccccc3)(c3ccccc3)C(C)(C)C)NC(=O)OC(C)(C)C)cc2)nc1C(C)(C)O.CCn1cc(-c2ccc(CC(N)CCO)cc2)nc1C(C)(C)O.CO.Cl. The Morgan fingerprint density at radius 1 is 0.653 bits per heavy atom. The number of nitrogens with one attached hydrogen (secondary N) is 1. The number of amides is 1. The number of ether oxygens (including phenoxy) is 1. The highest BCUT2D eigenvalue weighted by molar-refractivity contribution is 6.99. The molecule has 15 heteroatoms. The maximum absolute atomic E-state index is 13.0. The molecular weight excluding hydrogens is 980 g/mol. The number of aromatic nitrogens is 4.